The van der Waals surface area contributed by atoms with Crippen LogP contribution in [-0.2, 0) is 9.53 Å². The number of nitrogens with one attached hydrogen (secondary N) is 1. The number of halogens is 1. The Morgan fingerprint density at radius 3 is 2.52 bits per heavy atom. The van der Waals surface area contributed by atoms with Gasteiger partial charge in [-0.1, -0.05) is 0 Å². The highest BCUT2D eigenvalue weighted by Crippen LogP contribution is 2.34. The lowest BCUT2D eigenvalue weighted by atomic mass is 9.77. The summed E-state index contributed by atoms with van der Waals surface area (Å²) in [4.78, 5) is 27.6. The van der Waals surface area contributed by atoms with Gasteiger partial charge in [-0.3, -0.25) is 9.69 Å². The van der Waals surface area contributed by atoms with Gasteiger partial charge in [-0.15, -0.1) is 0 Å². The average Bonchev–Trinajstić information content (AvgIpc) is 2.87. The van der Waals surface area contributed by atoms with Crippen LogP contribution >= 0.6 is 0 Å². The van der Waals surface area contributed by atoms with Crippen LogP contribution in [0.2, 0.25) is 0 Å². The maximum Gasteiger partial charge on any atom is 0.417 e. The van der Waals surface area contributed by atoms with Crippen LogP contribution in [0.4, 0.5) is 9.18 Å². The van der Waals surface area contributed by atoms with E-state index in [2.05, 4.69) is 5.32 Å². The van der Waals surface area contributed by atoms with Gasteiger partial charge in [0.2, 0.25) is 0 Å². The Labute approximate surface area is 159 Å². The minimum Gasteiger partial charge on any atom is -0.449 e. The van der Waals surface area contributed by atoms with E-state index < -0.39 is 17.7 Å². The first-order valence-electron chi connectivity index (χ1n) is 9.63. The number of nitrogens with zero attached hydrogens (tertiary/aromatic N) is 2. The maximum absolute atomic E-state index is 15.2. The monoisotopic (exact) mass is 377 g/mol. The van der Waals surface area contributed by atoms with Gasteiger partial charge in [-0.05, 0) is 51.3 Å². The second kappa shape index (κ2) is 7.74. The highest BCUT2D eigenvalue weighted by atomic mass is 19.1. The molecule has 1 saturated heterocycles. The van der Waals surface area contributed by atoms with Crippen LogP contribution in [0.25, 0.3) is 0 Å². The number of rotatable bonds is 4. The molecular weight excluding hydrogens is 349 g/mol. The second-order valence-electron chi connectivity index (χ2n) is 7.68. The van der Waals surface area contributed by atoms with Crippen molar-refractivity contribution >= 4 is 12.0 Å². The lowest BCUT2D eigenvalue weighted by Crippen LogP contribution is -2.59. The van der Waals surface area contributed by atoms with Crippen molar-refractivity contribution in [3.63, 3.8) is 0 Å². The largest absolute Gasteiger partial charge is 0.449 e. The Hall–Kier alpha value is -2.31. The molecule has 7 heteroatoms. The van der Waals surface area contributed by atoms with E-state index in [9.17, 15) is 9.59 Å². The molecule has 1 saturated carbocycles. The van der Waals surface area contributed by atoms with E-state index in [0.717, 1.165) is 25.0 Å². The number of carbonyl (C=O) groups is 2. The molecule has 148 valence electrons. The average molecular weight is 377 g/mol. The van der Waals surface area contributed by atoms with Gasteiger partial charge >= 0.3 is 6.09 Å². The summed E-state index contributed by atoms with van der Waals surface area (Å²) in [6.45, 7) is 4.94. The normalized spacial score (nSPS) is 23.1. The van der Waals surface area contributed by atoms with Gasteiger partial charge in [0.05, 0.1) is 6.61 Å². The summed E-state index contributed by atoms with van der Waals surface area (Å²) in [6, 6.07) is 0. The zero-order valence-corrected chi connectivity index (χ0v) is 16.0. The van der Waals surface area contributed by atoms with Crippen LogP contribution in [-0.4, -0.2) is 52.7 Å². The number of alkyl halides is 1. The second-order valence-corrected chi connectivity index (χ2v) is 7.68. The number of carbonyl (C=O) groups excluding carboxylic acids is 2. The molecule has 3 aliphatic rings. The number of hydrogen-bond donors (Lipinski definition) is 1. The van der Waals surface area contributed by atoms with Crippen molar-refractivity contribution < 1.29 is 18.7 Å². The lowest BCUT2D eigenvalue weighted by Gasteiger charge is -2.43. The summed E-state index contributed by atoms with van der Waals surface area (Å²) in [5.41, 5.74) is -1.16. The molecule has 0 spiro atoms. The predicted molar refractivity (Wildman–Crippen MR) is 100 cm³/mol. The molecule has 0 bridgehead atoms. The first-order chi connectivity index (χ1) is 12.9. The van der Waals surface area contributed by atoms with Crippen LogP contribution in [0, 0.1) is 0 Å². The molecule has 0 unspecified atom stereocenters. The predicted octanol–water partition coefficient (Wildman–Crippen LogP) is 3.23. The fourth-order valence-electron chi connectivity index (χ4n) is 3.59. The molecule has 0 aromatic carbocycles. The third-order valence-corrected chi connectivity index (χ3v) is 5.60. The van der Waals surface area contributed by atoms with Gasteiger partial charge in [0.25, 0.3) is 5.91 Å². The van der Waals surface area contributed by atoms with Crippen molar-refractivity contribution in [2.24, 2.45) is 0 Å². The third-order valence-electron chi connectivity index (χ3n) is 5.60. The van der Waals surface area contributed by atoms with Crippen molar-refractivity contribution in [2.75, 3.05) is 19.7 Å². The van der Waals surface area contributed by atoms with E-state index in [4.69, 9.17) is 4.74 Å². The van der Waals surface area contributed by atoms with Gasteiger partial charge in [0.15, 0.2) is 5.67 Å². The Balaban J connectivity index is 1.56. The number of allylic oxidation sites excluding steroid dienone is 3. The smallest absolute Gasteiger partial charge is 0.417 e. The van der Waals surface area contributed by atoms with Gasteiger partial charge in [0.1, 0.15) is 0 Å². The molecule has 0 aromatic heterocycles. The van der Waals surface area contributed by atoms with Gasteiger partial charge in [0, 0.05) is 49.6 Å². The van der Waals surface area contributed by atoms with Crippen molar-refractivity contribution in [3.05, 3.63) is 36.3 Å². The molecule has 0 radical (unpaired) electrons. The molecule has 0 atom stereocenters. The van der Waals surface area contributed by atoms with E-state index in [1.807, 2.05) is 17.9 Å². The van der Waals surface area contributed by atoms with E-state index in [0.29, 0.717) is 19.7 Å². The van der Waals surface area contributed by atoms with Crippen LogP contribution in [0.15, 0.2) is 36.3 Å². The van der Waals surface area contributed by atoms with Gasteiger partial charge in [-0.25, -0.2) is 9.18 Å². The maximum atomic E-state index is 15.2. The number of piperidine rings is 1. The number of likely N-dealkylation sites (tertiary alicyclic amines) is 1. The summed E-state index contributed by atoms with van der Waals surface area (Å²) >= 11 is 0. The minimum atomic E-state index is -1.81. The van der Waals surface area contributed by atoms with E-state index in [1.54, 1.807) is 31.5 Å². The van der Waals surface area contributed by atoms with Gasteiger partial charge < -0.3 is 15.0 Å². The zero-order valence-electron chi connectivity index (χ0n) is 16.0. The molecule has 1 N–H and O–H groups in total. The molecule has 2 aliphatic heterocycles. The molecule has 27 heavy (non-hydrogen) atoms. The summed E-state index contributed by atoms with van der Waals surface area (Å²) in [7, 11) is 0. The standard InChI is InChI=1S/C20H28FN3O3/c1-3-27-18(26)24-12-4-6-16(7-13-24)23-14-10-20(21,11-15-23)17(25)22-19(2)8-5-9-19/h4,6-7,12-13H,3,5,8-11,14-15H2,1-2H3,(H,22,25). The first kappa shape index (κ1) is 19.5. The number of amides is 2. The zero-order chi connectivity index (χ0) is 19.5. The Bertz CT molecular complexity index is 674. The lowest BCUT2D eigenvalue weighted by molar-refractivity contribution is -0.138. The van der Waals surface area contributed by atoms with Crippen LogP contribution < -0.4 is 5.32 Å². The molecule has 1 aliphatic carbocycles. The highest BCUT2D eigenvalue weighted by Gasteiger charge is 2.45. The fraction of sp³-hybridized carbons (Fsp3) is 0.600. The highest BCUT2D eigenvalue weighted by molar-refractivity contribution is 5.86. The molecule has 2 heterocycles. The quantitative estimate of drug-likeness (QED) is 0.817. The number of ether oxygens (including phenoxy) is 1. The van der Waals surface area contributed by atoms with E-state index in [-0.39, 0.29) is 18.4 Å². The Morgan fingerprint density at radius 2 is 1.93 bits per heavy atom. The van der Waals surface area contributed by atoms with Gasteiger partial charge in [-0.2, -0.15) is 0 Å². The van der Waals surface area contributed by atoms with Crippen LogP contribution in [0.5, 0.6) is 0 Å². The molecule has 2 amide bonds. The minimum absolute atomic E-state index is 0.158. The fourth-order valence-corrected chi connectivity index (χ4v) is 3.59. The van der Waals surface area contributed by atoms with Crippen molar-refractivity contribution in [1.29, 1.82) is 0 Å². The van der Waals surface area contributed by atoms with Crippen molar-refractivity contribution in [1.82, 2.24) is 15.1 Å². The first-order valence-corrected chi connectivity index (χ1v) is 9.63. The molecule has 6 nitrogen and oxygen atoms in total. The topological polar surface area (TPSA) is 61.9 Å². The van der Waals surface area contributed by atoms with Crippen LogP contribution in [0.1, 0.15) is 46.0 Å². The summed E-state index contributed by atoms with van der Waals surface area (Å²) in [5, 5.41) is 2.91. The Morgan fingerprint density at radius 1 is 1.22 bits per heavy atom. The van der Waals surface area contributed by atoms with Crippen LogP contribution in [0.3, 0.4) is 0 Å². The Kier molecular flexibility index (Phi) is 5.58. The summed E-state index contributed by atoms with van der Waals surface area (Å²) in [6.07, 6.45) is 11.5. The van der Waals surface area contributed by atoms with E-state index >= 15 is 4.39 Å². The third kappa shape index (κ3) is 4.34. The van der Waals surface area contributed by atoms with Crippen molar-refractivity contribution in [2.45, 2.75) is 57.2 Å². The molecule has 3 rings (SSSR count). The molecule has 0 aromatic rings. The number of hydrogen-bond acceptors (Lipinski definition) is 4. The molecular formula is C20H28FN3O3. The molecule has 2 fully saturated rings. The van der Waals surface area contributed by atoms with Crippen molar-refractivity contribution in [3.8, 4) is 0 Å². The van der Waals surface area contributed by atoms with E-state index in [1.165, 1.54) is 4.90 Å². The summed E-state index contributed by atoms with van der Waals surface area (Å²) < 4.78 is 20.1. The SMILES string of the molecule is CCOC(=O)N1C=CC=C(N2CCC(F)(C(=O)NC3(C)CCC3)CC2)C=C1. The summed E-state index contributed by atoms with van der Waals surface area (Å²) in [5.74, 6) is -0.469.